The first kappa shape index (κ1) is 12.5. The molecule has 0 saturated heterocycles. The van der Waals surface area contributed by atoms with Gasteiger partial charge in [0.25, 0.3) is 0 Å². The third-order valence-corrected chi connectivity index (χ3v) is 3.10. The normalized spacial score (nSPS) is 10.3. The van der Waals surface area contributed by atoms with Gasteiger partial charge in [-0.25, -0.2) is 4.98 Å². The first-order valence-electron chi connectivity index (χ1n) is 4.42. The lowest BCUT2D eigenvalue weighted by Gasteiger charge is -2.02. The second kappa shape index (κ2) is 5.61. The summed E-state index contributed by atoms with van der Waals surface area (Å²) >= 11 is 10.3. The second-order valence-corrected chi connectivity index (χ2v) is 5.03. The van der Waals surface area contributed by atoms with Crippen LogP contribution in [0.25, 0.3) is 0 Å². The molecule has 0 aliphatic carbocycles. The monoisotopic (exact) mass is 332 g/mol. The lowest BCUT2D eigenvalue weighted by molar-refractivity contribution is 0.373. The molecule has 88 valence electrons. The van der Waals surface area contributed by atoms with E-state index < -0.39 is 0 Å². The van der Waals surface area contributed by atoms with Crippen molar-refractivity contribution in [1.29, 1.82) is 0 Å². The highest BCUT2D eigenvalue weighted by molar-refractivity contribution is 9.10. The van der Waals surface area contributed by atoms with Crippen molar-refractivity contribution in [1.82, 2.24) is 19.9 Å². The molecule has 2 aromatic rings. The molecule has 17 heavy (non-hydrogen) atoms. The van der Waals surface area contributed by atoms with Crippen LogP contribution in [0.5, 0.6) is 6.01 Å². The van der Waals surface area contributed by atoms with E-state index in [1.54, 1.807) is 6.20 Å². The smallest absolute Gasteiger partial charge is 0.321 e. The van der Waals surface area contributed by atoms with Gasteiger partial charge in [0.2, 0.25) is 10.4 Å². The largest absolute Gasteiger partial charge is 0.467 e. The number of pyridine rings is 1. The zero-order chi connectivity index (χ0) is 12.3. The predicted molar refractivity (Wildman–Crippen MR) is 67.4 cm³/mol. The van der Waals surface area contributed by atoms with Crippen molar-refractivity contribution in [3.8, 4) is 6.01 Å². The molecule has 0 radical (unpaired) electrons. The molecule has 5 nitrogen and oxygen atoms in total. The van der Waals surface area contributed by atoms with Crippen LogP contribution in [0.4, 0.5) is 0 Å². The maximum absolute atomic E-state index is 5.74. The third-order valence-electron chi connectivity index (χ3n) is 1.65. The van der Waals surface area contributed by atoms with Gasteiger partial charge in [0.15, 0.2) is 0 Å². The summed E-state index contributed by atoms with van der Waals surface area (Å²) in [5, 5.41) is 1.30. The van der Waals surface area contributed by atoms with E-state index in [1.807, 2.05) is 12.1 Å². The SMILES string of the molecule is COc1nc(Cl)nc(Sc2ccc(Br)cn2)n1. The van der Waals surface area contributed by atoms with Crippen LogP contribution in [-0.2, 0) is 0 Å². The van der Waals surface area contributed by atoms with Crippen LogP contribution in [0.1, 0.15) is 0 Å². The Morgan fingerprint density at radius 1 is 1.29 bits per heavy atom. The van der Waals surface area contributed by atoms with Gasteiger partial charge < -0.3 is 4.74 Å². The highest BCUT2D eigenvalue weighted by Crippen LogP contribution is 2.25. The van der Waals surface area contributed by atoms with Gasteiger partial charge in [-0.1, -0.05) is 0 Å². The van der Waals surface area contributed by atoms with Gasteiger partial charge in [0.1, 0.15) is 5.03 Å². The van der Waals surface area contributed by atoms with E-state index in [0.29, 0.717) is 5.16 Å². The minimum Gasteiger partial charge on any atom is -0.467 e. The van der Waals surface area contributed by atoms with Crippen LogP contribution in [0.3, 0.4) is 0 Å². The van der Waals surface area contributed by atoms with Crippen LogP contribution in [0.2, 0.25) is 5.28 Å². The molecule has 0 fully saturated rings. The number of nitrogens with zero attached hydrogens (tertiary/aromatic N) is 4. The van der Waals surface area contributed by atoms with E-state index in [2.05, 4.69) is 35.9 Å². The van der Waals surface area contributed by atoms with Crippen molar-refractivity contribution in [2.24, 2.45) is 0 Å². The van der Waals surface area contributed by atoms with E-state index in [0.717, 1.165) is 9.50 Å². The summed E-state index contributed by atoms with van der Waals surface area (Å²) in [5.41, 5.74) is 0. The van der Waals surface area contributed by atoms with Crippen molar-refractivity contribution in [3.05, 3.63) is 28.1 Å². The topological polar surface area (TPSA) is 60.8 Å². The molecule has 0 N–H and O–H groups in total. The summed E-state index contributed by atoms with van der Waals surface area (Å²) in [6.07, 6.45) is 1.70. The van der Waals surface area contributed by atoms with Crippen molar-refractivity contribution in [3.63, 3.8) is 0 Å². The average molecular weight is 334 g/mol. The number of ether oxygens (including phenoxy) is 1. The summed E-state index contributed by atoms with van der Waals surface area (Å²) in [5.74, 6) is 0. The molecule has 0 saturated carbocycles. The van der Waals surface area contributed by atoms with Crippen LogP contribution >= 0.6 is 39.3 Å². The first-order chi connectivity index (χ1) is 8.17. The molecular weight excluding hydrogens is 328 g/mol. The molecular formula is C9H6BrClN4OS. The fraction of sp³-hybridized carbons (Fsp3) is 0.111. The Kier molecular flexibility index (Phi) is 4.14. The summed E-state index contributed by atoms with van der Waals surface area (Å²) in [4.78, 5) is 16.0. The number of aromatic nitrogens is 4. The fourth-order valence-electron chi connectivity index (χ4n) is 0.968. The Morgan fingerprint density at radius 2 is 2.12 bits per heavy atom. The minimum absolute atomic E-state index is 0.0939. The Hall–Kier alpha value is -0.920. The molecule has 0 bridgehead atoms. The molecule has 0 atom stereocenters. The molecule has 0 unspecified atom stereocenters. The average Bonchev–Trinajstić information content (AvgIpc) is 2.31. The lowest BCUT2D eigenvalue weighted by atomic mass is 10.5. The quantitative estimate of drug-likeness (QED) is 0.861. The van der Waals surface area contributed by atoms with Gasteiger partial charge in [0.05, 0.1) is 7.11 Å². The Labute approximate surface area is 115 Å². The van der Waals surface area contributed by atoms with E-state index >= 15 is 0 Å². The van der Waals surface area contributed by atoms with E-state index in [-0.39, 0.29) is 11.3 Å². The van der Waals surface area contributed by atoms with Crippen LogP contribution in [0.15, 0.2) is 33.0 Å². The van der Waals surface area contributed by atoms with Crippen molar-refractivity contribution >= 4 is 39.3 Å². The number of hydrogen-bond donors (Lipinski definition) is 0. The van der Waals surface area contributed by atoms with E-state index in [4.69, 9.17) is 16.3 Å². The predicted octanol–water partition coefficient (Wildman–Crippen LogP) is 2.84. The fourth-order valence-corrected chi connectivity index (χ4v) is 2.09. The van der Waals surface area contributed by atoms with Crippen LogP contribution in [-0.4, -0.2) is 27.0 Å². The maximum Gasteiger partial charge on any atom is 0.321 e. The van der Waals surface area contributed by atoms with Crippen molar-refractivity contribution in [2.45, 2.75) is 10.2 Å². The number of halogens is 2. The van der Waals surface area contributed by atoms with Gasteiger partial charge in [-0.2, -0.15) is 15.0 Å². The lowest BCUT2D eigenvalue weighted by Crippen LogP contribution is -1.97. The number of methoxy groups -OCH3 is 1. The van der Waals surface area contributed by atoms with Crippen molar-refractivity contribution < 1.29 is 4.74 Å². The molecule has 0 aliphatic heterocycles. The first-order valence-corrected chi connectivity index (χ1v) is 6.41. The molecule has 0 amide bonds. The zero-order valence-corrected chi connectivity index (χ0v) is 11.8. The molecule has 0 aromatic carbocycles. The second-order valence-electron chi connectivity index (χ2n) is 2.79. The third kappa shape index (κ3) is 3.52. The molecule has 2 aromatic heterocycles. The molecule has 2 rings (SSSR count). The minimum atomic E-state index is 0.0939. The Morgan fingerprint density at radius 3 is 2.76 bits per heavy atom. The zero-order valence-electron chi connectivity index (χ0n) is 8.59. The van der Waals surface area contributed by atoms with Gasteiger partial charge >= 0.3 is 6.01 Å². The standard InChI is InChI=1S/C9H6BrClN4OS/c1-16-8-13-7(11)14-9(15-8)17-6-3-2-5(10)4-12-6/h2-4H,1H3. The highest BCUT2D eigenvalue weighted by atomic mass is 79.9. The summed E-state index contributed by atoms with van der Waals surface area (Å²) in [7, 11) is 1.47. The van der Waals surface area contributed by atoms with Gasteiger partial charge in [0, 0.05) is 10.7 Å². The van der Waals surface area contributed by atoms with Gasteiger partial charge in [-0.15, -0.1) is 0 Å². The summed E-state index contributed by atoms with van der Waals surface area (Å²) < 4.78 is 5.81. The molecule has 0 aliphatic rings. The highest BCUT2D eigenvalue weighted by Gasteiger charge is 2.07. The van der Waals surface area contributed by atoms with Crippen LogP contribution < -0.4 is 4.74 Å². The number of rotatable bonds is 3. The summed E-state index contributed by atoms with van der Waals surface area (Å²) in [6.45, 7) is 0. The van der Waals surface area contributed by atoms with Gasteiger partial charge in [-0.05, 0) is 51.4 Å². The van der Waals surface area contributed by atoms with E-state index in [9.17, 15) is 0 Å². The van der Waals surface area contributed by atoms with Gasteiger partial charge in [-0.3, -0.25) is 0 Å². The maximum atomic E-state index is 5.74. The van der Waals surface area contributed by atoms with Crippen LogP contribution in [0, 0.1) is 0 Å². The Balaban J connectivity index is 2.23. The Bertz CT molecular complexity index is 525. The van der Waals surface area contributed by atoms with Crippen molar-refractivity contribution in [2.75, 3.05) is 7.11 Å². The summed E-state index contributed by atoms with van der Waals surface area (Å²) in [6, 6.07) is 3.92. The molecule has 0 spiro atoms. The molecule has 8 heteroatoms. The van der Waals surface area contributed by atoms with E-state index in [1.165, 1.54) is 18.9 Å². The number of hydrogen-bond acceptors (Lipinski definition) is 6. The molecule has 2 heterocycles.